The predicted molar refractivity (Wildman–Crippen MR) is 82.0 cm³/mol. The highest BCUT2D eigenvalue weighted by Crippen LogP contribution is 2.37. The van der Waals surface area contributed by atoms with Crippen LogP contribution in [0.1, 0.15) is 22.5 Å². The third kappa shape index (κ3) is 2.82. The average molecular weight is 307 g/mol. The van der Waals surface area contributed by atoms with Crippen LogP contribution in [0.25, 0.3) is 0 Å². The van der Waals surface area contributed by atoms with Crippen LogP contribution in [0, 0.1) is 11.8 Å². The number of hydrogen-bond acceptors (Lipinski definition) is 4. The number of rotatable bonds is 3. The SMILES string of the molecule is CN(CC(=O)N1CC2CCC(N)C2C1)C(=O)c1cccs1. The lowest BCUT2D eigenvalue weighted by molar-refractivity contribution is -0.130. The molecule has 2 aliphatic rings. The molecule has 1 aliphatic carbocycles. The summed E-state index contributed by atoms with van der Waals surface area (Å²) >= 11 is 1.40. The molecule has 0 aromatic carbocycles. The van der Waals surface area contributed by atoms with Crippen molar-refractivity contribution in [3.8, 4) is 0 Å². The Bertz CT molecular complexity index is 531. The number of fused-ring (bicyclic) bond motifs is 1. The Morgan fingerprint density at radius 3 is 2.90 bits per heavy atom. The molecule has 1 saturated carbocycles. The van der Waals surface area contributed by atoms with Crippen LogP contribution in [0.3, 0.4) is 0 Å². The van der Waals surface area contributed by atoms with E-state index in [1.165, 1.54) is 16.2 Å². The van der Waals surface area contributed by atoms with Crippen molar-refractivity contribution in [1.82, 2.24) is 9.80 Å². The standard InChI is InChI=1S/C15H21N3O2S/c1-17(15(20)13-3-2-6-21-13)9-14(19)18-7-10-4-5-12(16)11(10)8-18/h2-3,6,10-12H,4-5,7-9,16H2,1H3. The van der Waals surface area contributed by atoms with Crippen molar-refractivity contribution in [3.63, 3.8) is 0 Å². The van der Waals surface area contributed by atoms with E-state index in [0.29, 0.717) is 16.7 Å². The third-order valence-corrected chi connectivity index (χ3v) is 5.57. The minimum absolute atomic E-state index is 0.0315. The first-order chi connectivity index (χ1) is 10.1. The minimum atomic E-state index is -0.0885. The second-order valence-corrected chi connectivity index (χ2v) is 7.05. The highest BCUT2D eigenvalue weighted by molar-refractivity contribution is 7.12. The molecule has 3 unspecified atom stereocenters. The fourth-order valence-electron chi connectivity index (χ4n) is 3.47. The Morgan fingerprint density at radius 2 is 2.24 bits per heavy atom. The van der Waals surface area contributed by atoms with E-state index in [4.69, 9.17) is 5.73 Å². The Hall–Kier alpha value is -1.40. The van der Waals surface area contributed by atoms with Gasteiger partial charge < -0.3 is 15.5 Å². The summed E-state index contributed by atoms with van der Waals surface area (Å²) in [7, 11) is 1.68. The summed E-state index contributed by atoms with van der Waals surface area (Å²) in [6.45, 7) is 1.70. The molecule has 1 aromatic rings. The molecular weight excluding hydrogens is 286 g/mol. The first kappa shape index (κ1) is 14.5. The number of likely N-dealkylation sites (N-methyl/N-ethyl adjacent to an activating group) is 1. The Labute approximate surface area is 128 Å². The average Bonchev–Trinajstić information content (AvgIpc) is 3.16. The highest BCUT2D eigenvalue weighted by Gasteiger charge is 2.42. The number of carbonyl (C=O) groups is 2. The summed E-state index contributed by atoms with van der Waals surface area (Å²) in [5.41, 5.74) is 6.09. The smallest absolute Gasteiger partial charge is 0.264 e. The van der Waals surface area contributed by atoms with Crippen molar-refractivity contribution < 1.29 is 9.59 Å². The molecule has 1 aliphatic heterocycles. The van der Waals surface area contributed by atoms with Crippen molar-refractivity contribution in [3.05, 3.63) is 22.4 Å². The van der Waals surface area contributed by atoms with Crippen molar-refractivity contribution in [2.75, 3.05) is 26.7 Å². The summed E-state index contributed by atoms with van der Waals surface area (Å²) in [5.74, 6) is 0.952. The van der Waals surface area contributed by atoms with Gasteiger partial charge in [0.2, 0.25) is 5.91 Å². The van der Waals surface area contributed by atoms with Crippen LogP contribution in [-0.2, 0) is 4.79 Å². The number of thiophene rings is 1. The van der Waals surface area contributed by atoms with Crippen LogP contribution in [0.2, 0.25) is 0 Å². The second-order valence-electron chi connectivity index (χ2n) is 6.10. The highest BCUT2D eigenvalue weighted by atomic mass is 32.1. The number of carbonyl (C=O) groups excluding carboxylic acids is 2. The number of nitrogens with two attached hydrogens (primary N) is 1. The van der Waals surface area contributed by atoms with Crippen LogP contribution in [0.15, 0.2) is 17.5 Å². The molecule has 1 aromatic heterocycles. The summed E-state index contributed by atoms with van der Waals surface area (Å²) in [6, 6.07) is 3.86. The molecule has 114 valence electrons. The van der Waals surface area contributed by atoms with Gasteiger partial charge in [-0.2, -0.15) is 0 Å². The fourth-order valence-corrected chi connectivity index (χ4v) is 4.19. The Kier molecular flexibility index (Phi) is 3.99. The third-order valence-electron chi connectivity index (χ3n) is 4.72. The Balaban J connectivity index is 1.56. The van der Waals surface area contributed by atoms with Gasteiger partial charge in [0.1, 0.15) is 0 Å². The van der Waals surface area contributed by atoms with E-state index in [-0.39, 0.29) is 24.4 Å². The maximum atomic E-state index is 12.4. The van der Waals surface area contributed by atoms with Gasteiger partial charge in [-0.3, -0.25) is 9.59 Å². The topological polar surface area (TPSA) is 66.6 Å². The molecule has 1 saturated heterocycles. The van der Waals surface area contributed by atoms with Gasteiger partial charge in [0.15, 0.2) is 0 Å². The van der Waals surface area contributed by atoms with E-state index in [0.717, 1.165) is 25.9 Å². The maximum Gasteiger partial charge on any atom is 0.264 e. The van der Waals surface area contributed by atoms with E-state index >= 15 is 0 Å². The van der Waals surface area contributed by atoms with Crippen molar-refractivity contribution >= 4 is 23.2 Å². The summed E-state index contributed by atoms with van der Waals surface area (Å²) < 4.78 is 0. The molecular formula is C15H21N3O2S. The van der Waals surface area contributed by atoms with E-state index in [1.54, 1.807) is 13.1 Å². The monoisotopic (exact) mass is 307 g/mol. The zero-order valence-electron chi connectivity index (χ0n) is 12.2. The summed E-state index contributed by atoms with van der Waals surface area (Å²) in [4.78, 5) is 28.6. The molecule has 2 amide bonds. The van der Waals surface area contributed by atoms with Crippen LogP contribution in [-0.4, -0.2) is 54.3 Å². The van der Waals surface area contributed by atoms with Gasteiger partial charge in [-0.25, -0.2) is 0 Å². The molecule has 2 N–H and O–H groups in total. The molecule has 6 heteroatoms. The van der Waals surface area contributed by atoms with Gasteiger partial charge in [0, 0.05) is 26.2 Å². The first-order valence-electron chi connectivity index (χ1n) is 7.38. The van der Waals surface area contributed by atoms with Crippen molar-refractivity contribution in [2.24, 2.45) is 17.6 Å². The van der Waals surface area contributed by atoms with E-state index in [9.17, 15) is 9.59 Å². The molecule has 3 rings (SSSR count). The van der Waals surface area contributed by atoms with Gasteiger partial charge >= 0.3 is 0 Å². The molecule has 0 spiro atoms. The molecule has 3 atom stereocenters. The number of nitrogens with zero attached hydrogens (tertiary/aromatic N) is 2. The largest absolute Gasteiger partial charge is 0.341 e. The lowest BCUT2D eigenvalue weighted by Crippen LogP contribution is -2.41. The van der Waals surface area contributed by atoms with E-state index < -0.39 is 0 Å². The van der Waals surface area contributed by atoms with Crippen LogP contribution >= 0.6 is 11.3 Å². The van der Waals surface area contributed by atoms with Gasteiger partial charge in [-0.15, -0.1) is 11.3 Å². The molecule has 21 heavy (non-hydrogen) atoms. The van der Waals surface area contributed by atoms with E-state index in [1.807, 2.05) is 16.3 Å². The predicted octanol–water partition coefficient (Wildman–Crippen LogP) is 1.02. The summed E-state index contributed by atoms with van der Waals surface area (Å²) in [5, 5.41) is 1.87. The lowest BCUT2D eigenvalue weighted by atomic mass is 9.98. The van der Waals surface area contributed by atoms with Crippen LogP contribution in [0.4, 0.5) is 0 Å². The molecule has 2 heterocycles. The normalized spacial score (nSPS) is 27.7. The Morgan fingerprint density at radius 1 is 1.43 bits per heavy atom. The summed E-state index contributed by atoms with van der Waals surface area (Å²) in [6.07, 6.45) is 2.20. The van der Waals surface area contributed by atoms with Gasteiger partial charge in [0.25, 0.3) is 5.91 Å². The maximum absolute atomic E-state index is 12.4. The number of likely N-dealkylation sites (tertiary alicyclic amines) is 1. The molecule has 5 nitrogen and oxygen atoms in total. The van der Waals surface area contributed by atoms with E-state index in [2.05, 4.69) is 0 Å². The van der Waals surface area contributed by atoms with Gasteiger partial charge in [-0.05, 0) is 36.1 Å². The molecule has 0 bridgehead atoms. The first-order valence-corrected chi connectivity index (χ1v) is 8.26. The zero-order valence-corrected chi connectivity index (χ0v) is 13.0. The molecule has 0 radical (unpaired) electrons. The lowest BCUT2D eigenvalue weighted by Gasteiger charge is -2.22. The van der Waals surface area contributed by atoms with Crippen molar-refractivity contribution in [1.29, 1.82) is 0 Å². The number of amides is 2. The molecule has 2 fully saturated rings. The zero-order chi connectivity index (χ0) is 15.0. The van der Waals surface area contributed by atoms with Gasteiger partial charge in [-0.1, -0.05) is 6.07 Å². The number of hydrogen-bond donors (Lipinski definition) is 1. The second kappa shape index (κ2) is 5.77. The van der Waals surface area contributed by atoms with Crippen LogP contribution in [0.5, 0.6) is 0 Å². The van der Waals surface area contributed by atoms with Gasteiger partial charge in [0.05, 0.1) is 11.4 Å². The van der Waals surface area contributed by atoms with Crippen LogP contribution < -0.4 is 5.73 Å². The van der Waals surface area contributed by atoms with Crippen molar-refractivity contribution in [2.45, 2.75) is 18.9 Å². The fraction of sp³-hybridized carbons (Fsp3) is 0.600. The minimum Gasteiger partial charge on any atom is -0.341 e. The quantitative estimate of drug-likeness (QED) is 0.906.